The van der Waals surface area contributed by atoms with Gasteiger partial charge in [0, 0.05) is 18.5 Å². The average molecular weight is 311 g/mol. The lowest BCUT2D eigenvalue weighted by molar-refractivity contribution is 0.0992. The molecule has 7 heteroatoms. The predicted molar refractivity (Wildman–Crippen MR) is 83.2 cm³/mol. The summed E-state index contributed by atoms with van der Waals surface area (Å²) in [6.45, 7) is 0. The Hall–Kier alpha value is -3.35. The number of azo groups is 1. The molecular weight excluding hydrogens is 298 g/mol. The highest BCUT2D eigenvalue weighted by atomic mass is 16.3. The maximum atomic E-state index is 12.0. The molecule has 3 N–H and O–H groups in total. The van der Waals surface area contributed by atoms with Crippen LogP contribution in [0.2, 0.25) is 0 Å². The summed E-state index contributed by atoms with van der Waals surface area (Å²) in [4.78, 5) is 12.0. The number of carbonyl (C=O) groups is 1. The normalized spacial score (nSPS) is 11.3. The summed E-state index contributed by atoms with van der Waals surface area (Å²) >= 11 is 0. The molecule has 0 radical (unpaired) electrons. The largest absolute Gasteiger partial charge is 0.508 e. The van der Waals surface area contributed by atoms with Gasteiger partial charge < -0.3 is 19.9 Å². The van der Waals surface area contributed by atoms with Crippen LogP contribution in [0.15, 0.2) is 52.7 Å². The number of aromatic hydroxyl groups is 3. The van der Waals surface area contributed by atoms with Crippen molar-refractivity contribution in [1.29, 1.82) is 0 Å². The Labute approximate surface area is 130 Å². The van der Waals surface area contributed by atoms with Gasteiger partial charge in [0.05, 0.1) is 11.1 Å². The number of hydrogen-bond acceptors (Lipinski definition) is 5. The number of hydrogen-bond donors (Lipinski definition) is 3. The van der Waals surface area contributed by atoms with Gasteiger partial charge in [-0.1, -0.05) is 18.2 Å². The first-order valence-corrected chi connectivity index (χ1v) is 6.73. The van der Waals surface area contributed by atoms with E-state index in [1.165, 1.54) is 16.7 Å². The lowest BCUT2D eigenvalue weighted by Crippen LogP contribution is -1.93. The molecule has 0 unspecified atom stereocenters. The summed E-state index contributed by atoms with van der Waals surface area (Å²) in [6.07, 6.45) is 0. The molecule has 3 rings (SSSR count). The van der Waals surface area contributed by atoms with Crippen LogP contribution < -0.4 is 0 Å². The molecule has 0 aliphatic rings. The molecule has 116 valence electrons. The number of amides is 1. The third kappa shape index (κ3) is 2.48. The monoisotopic (exact) mass is 311 g/mol. The van der Waals surface area contributed by atoms with Crippen molar-refractivity contribution in [1.82, 2.24) is 4.57 Å². The molecule has 7 nitrogen and oxygen atoms in total. The number of aromatic nitrogens is 1. The van der Waals surface area contributed by atoms with Crippen LogP contribution in [0, 0.1) is 0 Å². The summed E-state index contributed by atoms with van der Waals surface area (Å²) < 4.78 is 1.53. The van der Waals surface area contributed by atoms with Crippen LogP contribution in [-0.4, -0.2) is 25.8 Å². The van der Waals surface area contributed by atoms with E-state index in [1.807, 2.05) is 12.1 Å². The number of phenols is 2. The molecule has 0 saturated heterocycles. The van der Waals surface area contributed by atoms with Gasteiger partial charge in [-0.3, -0.25) is 4.79 Å². The lowest BCUT2D eigenvalue weighted by atomic mass is 10.2. The van der Waals surface area contributed by atoms with Gasteiger partial charge in [-0.15, -0.1) is 10.2 Å². The van der Waals surface area contributed by atoms with Gasteiger partial charge >= 0.3 is 0 Å². The number of benzene rings is 2. The van der Waals surface area contributed by atoms with Crippen molar-refractivity contribution in [2.24, 2.45) is 17.3 Å². The van der Waals surface area contributed by atoms with Crippen LogP contribution in [0.1, 0.15) is 10.4 Å². The maximum Gasteiger partial charge on any atom is 0.299 e. The van der Waals surface area contributed by atoms with E-state index in [4.69, 9.17) is 0 Å². The Morgan fingerprint density at radius 1 is 1.09 bits per heavy atom. The molecule has 0 atom stereocenters. The van der Waals surface area contributed by atoms with Crippen molar-refractivity contribution in [3.05, 3.63) is 48.0 Å². The molecule has 1 heterocycles. The van der Waals surface area contributed by atoms with Gasteiger partial charge in [0.15, 0.2) is 5.69 Å². The standard InChI is InChI=1S/C16H13N3O4/c1-19-12-5-3-2-4-10(12)14(16(19)23)17-18-15(22)11-7-6-9(20)8-13(11)21/h2-8,20-21,23H,1H3. The minimum absolute atomic E-state index is 0.0914. The second-order valence-corrected chi connectivity index (χ2v) is 4.95. The van der Waals surface area contributed by atoms with Crippen molar-refractivity contribution in [2.45, 2.75) is 0 Å². The van der Waals surface area contributed by atoms with Crippen LogP contribution in [0.3, 0.4) is 0 Å². The second-order valence-electron chi connectivity index (χ2n) is 4.95. The molecular formula is C16H13N3O4. The quantitative estimate of drug-likeness (QED) is 0.631. The number of para-hydroxylation sites is 1. The summed E-state index contributed by atoms with van der Waals surface area (Å²) in [7, 11) is 1.67. The molecule has 0 fully saturated rings. The third-order valence-electron chi connectivity index (χ3n) is 3.50. The van der Waals surface area contributed by atoms with E-state index in [0.29, 0.717) is 5.39 Å². The van der Waals surface area contributed by atoms with E-state index in [0.717, 1.165) is 11.6 Å². The van der Waals surface area contributed by atoms with Gasteiger partial charge in [-0.2, -0.15) is 0 Å². The van der Waals surface area contributed by atoms with Crippen molar-refractivity contribution in [3.63, 3.8) is 0 Å². The number of phenolic OH excluding ortho intramolecular Hbond substituents is 2. The zero-order valence-electron chi connectivity index (χ0n) is 12.1. The van der Waals surface area contributed by atoms with E-state index < -0.39 is 11.7 Å². The summed E-state index contributed by atoms with van der Waals surface area (Å²) in [6, 6.07) is 10.7. The smallest absolute Gasteiger partial charge is 0.299 e. The van der Waals surface area contributed by atoms with E-state index in [2.05, 4.69) is 10.2 Å². The predicted octanol–water partition coefficient (Wildman–Crippen LogP) is 3.22. The number of rotatable bonds is 2. The average Bonchev–Trinajstić information content (AvgIpc) is 2.77. The van der Waals surface area contributed by atoms with Crippen LogP contribution in [-0.2, 0) is 7.05 Å². The van der Waals surface area contributed by atoms with E-state index in [1.54, 1.807) is 19.2 Å². The fourth-order valence-electron chi connectivity index (χ4n) is 2.31. The first-order chi connectivity index (χ1) is 11.0. The van der Waals surface area contributed by atoms with Crippen molar-refractivity contribution in [3.8, 4) is 17.4 Å². The van der Waals surface area contributed by atoms with Gasteiger partial charge in [-0.25, -0.2) is 0 Å². The number of carbonyl (C=O) groups excluding carboxylic acids is 1. The molecule has 3 aromatic rings. The van der Waals surface area contributed by atoms with Crippen LogP contribution in [0.25, 0.3) is 10.9 Å². The molecule has 0 spiro atoms. The molecule has 0 bridgehead atoms. The summed E-state index contributed by atoms with van der Waals surface area (Å²) in [5, 5.41) is 37.0. The molecule has 0 aliphatic carbocycles. The van der Waals surface area contributed by atoms with E-state index in [-0.39, 0.29) is 22.9 Å². The highest BCUT2D eigenvalue weighted by molar-refractivity contribution is 5.98. The Balaban J connectivity index is 2.00. The zero-order chi connectivity index (χ0) is 16.6. The third-order valence-corrected chi connectivity index (χ3v) is 3.50. The van der Waals surface area contributed by atoms with Gasteiger partial charge in [-0.05, 0) is 18.2 Å². The summed E-state index contributed by atoms with van der Waals surface area (Å²) in [5.41, 5.74) is 0.833. The van der Waals surface area contributed by atoms with Gasteiger partial charge in [0.2, 0.25) is 5.88 Å². The molecule has 1 amide bonds. The van der Waals surface area contributed by atoms with E-state index in [9.17, 15) is 20.1 Å². The molecule has 23 heavy (non-hydrogen) atoms. The molecule has 0 saturated carbocycles. The fraction of sp³-hybridized carbons (Fsp3) is 0.0625. The fourth-order valence-corrected chi connectivity index (χ4v) is 2.31. The van der Waals surface area contributed by atoms with Crippen molar-refractivity contribution >= 4 is 22.5 Å². The van der Waals surface area contributed by atoms with Gasteiger partial charge in [0.25, 0.3) is 5.91 Å². The Bertz CT molecular complexity index is 944. The number of aryl methyl sites for hydroxylation is 1. The topological polar surface area (TPSA) is 107 Å². The van der Waals surface area contributed by atoms with E-state index >= 15 is 0 Å². The Morgan fingerprint density at radius 2 is 1.83 bits per heavy atom. The zero-order valence-corrected chi connectivity index (χ0v) is 12.1. The number of nitrogens with zero attached hydrogens (tertiary/aromatic N) is 3. The molecule has 2 aromatic carbocycles. The minimum Gasteiger partial charge on any atom is -0.508 e. The first kappa shape index (κ1) is 14.6. The SMILES string of the molecule is Cn1c(O)c(N=NC(=O)c2ccc(O)cc2O)c2ccccc21. The Kier molecular flexibility index (Phi) is 3.46. The molecule has 1 aromatic heterocycles. The van der Waals surface area contributed by atoms with Crippen molar-refractivity contribution in [2.75, 3.05) is 0 Å². The van der Waals surface area contributed by atoms with Crippen molar-refractivity contribution < 1.29 is 20.1 Å². The highest BCUT2D eigenvalue weighted by Crippen LogP contribution is 2.38. The lowest BCUT2D eigenvalue weighted by Gasteiger charge is -1.99. The maximum absolute atomic E-state index is 12.0. The first-order valence-electron chi connectivity index (χ1n) is 6.73. The minimum atomic E-state index is -0.783. The second kappa shape index (κ2) is 5.45. The van der Waals surface area contributed by atoms with Crippen LogP contribution >= 0.6 is 0 Å². The Morgan fingerprint density at radius 3 is 2.57 bits per heavy atom. The van der Waals surface area contributed by atoms with Gasteiger partial charge in [0.1, 0.15) is 11.5 Å². The summed E-state index contributed by atoms with van der Waals surface area (Å²) in [5.74, 6) is -1.45. The van der Waals surface area contributed by atoms with Crippen LogP contribution in [0.4, 0.5) is 5.69 Å². The number of fused-ring (bicyclic) bond motifs is 1. The van der Waals surface area contributed by atoms with Crippen LogP contribution in [0.5, 0.6) is 17.4 Å². The molecule has 0 aliphatic heterocycles. The highest BCUT2D eigenvalue weighted by Gasteiger charge is 2.15.